The highest BCUT2D eigenvalue weighted by atomic mass is 79.9. The molecule has 0 saturated carbocycles. The first-order valence-corrected chi connectivity index (χ1v) is 7.61. The van der Waals surface area contributed by atoms with Gasteiger partial charge in [-0.2, -0.15) is 0 Å². The van der Waals surface area contributed by atoms with E-state index in [0.717, 1.165) is 25.9 Å². The molecular formula is C14H17BrN2O3. The van der Waals surface area contributed by atoms with E-state index in [9.17, 15) is 4.79 Å². The summed E-state index contributed by atoms with van der Waals surface area (Å²) in [4.78, 5) is 16.4. The van der Waals surface area contributed by atoms with Crippen molar-refractivity contribution in [1.29, 1.82) is 0 Å². The van der Waals surface area contributed by atoms with Crippen LogP contribution in [-0.4, -0.2) is 42.4 Å². The first kappa shape index (κ1) is 14.0. The maximum Gasteiger partial charge on any atom is 0.271 e. The van der Waals surface area contributed by atoms with Gasteiger partial charge in [-0.3, -0.25) is 4.79 Å². The molecule has 0 bridgehead atoms. The minimum atomic E-state index is -0.197. The van der Waals surface area contributed by atoms with Gasteiger partial charge < -0.3 is 14.8 Å². The Balaban J connectivity index is 1.65. The second-order valence-electron chi connectivity index (χ2n) is 5.33. The average molecular weight is 341 g/mol. The Kier molecular flexibility index (Phi) is 4.05. The lowest BCUT2D eigenvalue weighted by Gasteiger charge is -2.37. The van der Waals surface area contributed by atoms with Crippen molar-refractivity contribution in [3.63, 3.8) is 0 Å². The van der Waals surface area contributed by atoms with Crippen LogP contribution in [0.4, 0.5) is 0 Å². The normalized spacial score (nSPS) is 29.6. The lowest BCUT2D eigenvalue weighted by Crippen LogP contribution is -2.49. The molecule has 3 rings (SSSR count). The van der Waals surface area contributed by atoms with Crippen LogP contribution in [0.2, 0.25) is 0 Å². The van der Waals surface area contributed by atoms with Crippen molar-refractivity contribution in [2.45, 2.75) is 30.9 Å². The van der Waals surface area contributed by atoms with Crippen LogP contribution in [0.3, 0.4) is 0 Å². The van der Waals surface area contributed by atoms with Crippen molar-refractivity contribution >= 4 is 21.8 Å². The van der Waals surface area contributed by atoms with Crippen molar-refractivity contribution in [3.05, 3.63) is 28.5 Å². The highest BCUT2D eigenvalue weighted by Gasteiger charge is 2.41. The molecular weight excluding hydrogens is 324 g/mol. The molecule has 0 radical (unpaired) electrons. The molecule has 6 heteroatoms. The number of hydrogen-bond donors (Lipinski definition) is 1. The molecule has 2 aliphatic rings. The van der Waals surface area contributed by atoms with E-state index in [4.69, 9.17) is 9.47 Å². The molecule has 5 nitrogen and oxygen atoms in total. The number of amides is 1. The van der Waals surface area contributed by atoms with Gasteiger partial charge in [0.15, 0.2) is 0 Å². The van der Waals surface area contributed by atoms with Gasteiger partial charge >= 0.3 is 0 Å². The number of pyridine rings is 1. The fraction of sp³-hybridized carbons (Fsp3) is 0.571. The number of hydrogen-bond acceptors (Lipinski definition) is 4. The van der Waals surface area contributed by atoms with Gasteiger partial charge in [0.2, 0.25) is 0 Å². The monoisotopic (exact) mass is 340 g/mol. The number of carbonyl (C=O) groups excluding carboxylic acids is 1. The van der Waals surface area contributed by atoms with Crippen LogP contribution in [0.1, 0.15) is 29.8 Å². The average Bonchev–Trinajstić information content (AvgIpc) is 2.87. The molecule has 1 N–H and O–H groups in total. The van der Waals surface area contributed by atoms with Crippen LogP contribution in [0.5, 0.6) is 0 Å². The molecule has 108 valence electrons. The number of carbonyl (C=O) groups is 1. The van der Waals surface area contributed by atoms with E-state index in [2.05, 4.69) is 26.2 Å². The van der Waals surface area contributed by atoms with E-state index < -0.39 is 0 Å². The maximum atomic E-state index is 12.3. The summed E-state index contributed by atoms with van der Waals surface area (Å²) in [7, 11) is 0. The summed E-state index contributed by atoms with van der Waals surface area (Å²) in [6.45, 7) is 2.04. The summed E-state index contributed by atoms with van der Waals surface area (Å²) in [6.07, 6.45) is 4.17. The third-order valence-corrected chi connectivity index (χ3v) is 4.51. The molecule has 1 amide bonds. The molecule has 2 saturated heterocycles. The molecule has 20 heavy (non-hydrogen) atoms. The van der Waals surface area contributed by atoms with Gasteiger partial charge in [0.05, 0.1) is 12.2 Å². The minimum absolute atomic E-state index is 0.117. The Morgan fingerprint density at radius 2 is 2.40 bits per heavy atom. The van der Waals surface area contributed by atoms with Crippen LogP contribution in [0, 0.1) is 0 Å². The molecule has 2 atom stereocenters. The lowest BCUT2D eigenvalue weighted by atomic mass is 9.89. The smallest absolute Gasteiger partial charge is 0.271 e. The second-order valence-corrected chi connectivity index (χ2v) is 6.19. The zero-order valence-electron chi connectivity index (χ0n) is 11.1. The SMILES string of the molecule is O=C(N[C@@H]1CCO[C@@]2(CCOC2)C1)c1ncccc1Br. The van der Waals surface area contributed by atoms with Gasteiger partial charge in [0, 0.05) is 36.3 Å². The molecule has 1 spiro atoms. The van der Waals surface area contributed by atoms with Gasteiger partial charge in [-0.1, -0.05) is 0 Å². The van der Waals surface area contributed by atoms with E-state index in [1.54, 1.807) is 12.3 Å². The van der Waals surface area contributed by atoms with Crippen LogP contribution in [0.15, 0.2) is 22.8 Å². The first-order chi connectivity index (χ1) is 9.69. The molecule has 1 aromatic heterocycles. The third kappa shape index (κ3) is 2.87. The Morgan fingerprint density at radius 1 is 1.50 bits per heavy atom. The molecule has 0 aliphatic carbocycles. The third-order valence-electron chi connectivity index (χ3n) is 3.87. The minimum Gasteiger partial charge on any atom is -0.378 e. The highest BCUT2D eigenvalue weighted by molar-refractivity contribution is 9.10. The summed E-state index contributed by atoms with van der Waals surface area (Å²) in [5, 5.41) is 3.06. The summed E-state index contributed by atoms with van der Waals surface area (Å²) in [6, 6.07) is 3.73. The van der Waals surface area contributed by atoms with E-state index in [1.807, 2.05) is 6.07 Å². The van der Waals surface area contributed by atoms with E-state index in [1.165, 1.54) is 0 Å². The van der Waals surface area contributed by atoms with Crippen molar-refractivity contribution in [3.8, 4) is 0 Å². The molecule has 3 heterocycles. The van der Waals surface area contributed by atoms with Gasteiger partial charge in [-0.15, -0.1) is 0 Å². The summed E-state index contributed by atoms with van der Waals surface area (Å²) >= 11 is 3.35. The summed E-state index contributed by atoms with van der Waals surface area (Å²) in [5.74, 6) is -0.140. The van der Waals surface area contributed by atoms with Crippen molar-refractivity contribution in [2.75, 3.05) is 19.8 Å². The van der Waals surface area contributed by atoms with Crippen LogP contribution >= 0.6 is 15.9 Å². The zero-order chi connectivity index (χ0) is 14.0. The molecule has 1 aromatic rings. The molecule has 0 unspecified atom stereocenters. The Bertz CT molecular complexity index is 503. The van der Waals surface area contributed by atoms with Crippen LogP contribution in [-0.2, 0) is 9.47 Å². The quantitative estimate of drug-likeness (QED) is 0.893. The fourth-order valence-corrected chi connectivity index (χ4v) is 3.26. The molecule has 0 aromatic carbocycles. The van der Waals surface area contributed by atoms with Crippen LogP contribution < -0.4 is 5.32 Å². The Morgan fingerprint density at radius 3 is 3.15 bits per heavy atom. The summed E-state index contributed by atoms with van der Waals surface area (Å²) in [5.41, 5.74) is 0.230. The fourth-order valence-electron chi connectivity index (χ4n) is 2.82. The van der Waals surface area contributed by atoms with E-state index in [-0.39, 0.29) is 17.6 Å². The topological polar surface area (TPSA) is 60.5 Å². The molecule has 2 aliphatic heterocycles. The zero-order valence-corrected chi connectivity index (χ0v) is 12.7. The second kappa shape index (κ2) is 5.79. The van der Waals surface area contributed by atoms with Gasteiger partial charge in [-0.05, 0) is 40.9 Å². The predicted octanol–water partition coefficient (Wildman–Crippen LogP) is 1.91. The largest absolute Gasteiger partial charge is 0.378 e. The van der Waals surface area contributed by atoms with Gasteiger partial charge in [0.25, 0.3) is 5.91 Å². The standard InChI is InChI=1S/C14H17BrN2O3/c15-11-2-1-5-16-12(11)13(18)17-10-3-6-20-14(8-10)4-7-19-9-14/h1-2,5,10H,3-4,6-9H2,(H,17,18)/t10-,14+/m1/s1. The summed E-state index contributed by atoms with van der Waals surface area (Å²) < 4.78 is 12.0. The van der Waals surface area contributed by atoms with Crippen LogP contribution in [0.25, 0.3) is 0 Å². The highest BCUT2D eigenvalue weighted by Crippen LogP contribution is 2.32. The Labute approximate surface area is 126 Å². The predicted molar refractivity (Wildman–Crippen MR) is 76.5 cm³/mol. The number of aromatic nitrogens is 1. The number of nitrogens with zero attached hydrogens (tertiary/aromatic N) is 1. The van der Waals surface area contributed by atoms with E-state index in [0.29, 0.717) is 23.4 Å². The van der Waals surface area contributed by atoms with E-state index >= 15 is 0 Å². The lowest BCUT2D eigenvalue weighted by molar-refractivity contribution is -0.0881. The van der Waals surface area contributed by atoms with Gasteiger partial charge in [0.1, 0.15) is 5.69 Å². The van der Waals surface area contributed by atoms with Gasteiger partial charge in [-0.25, -0.2) is 4.98 Å². The van der Waals surface area contributed by atoms with Crippen molar-refractivity contribution in [2.24, 2.45) is 0 Å². The van der Waals surface area contributed by atoms with Crippen molar-refractivity contribution < 1.29 is 14.3 Å². The number of rotatable bonds is 2. The molecule has 2 fully saturated rings. The Hall–Kier alpha value is -0.980. The van der Waals surface area contributed by atoms with Crippen molar-refractivity contribution in [1.82, 2.24) is 10.3 Å². The first-order valence-electron chi connectivity index (χ1n) is 6.82. The number of halogens is 1. The number of ether oxygens (including phenoxy) is 2. The number of nitrogens with one attached hydrogen (secondary N) is 1. The maximum absolute atomic E-state index is 12.3.